The van der Waals surface area contributed by atoms with Crippen molar-refractivity contribution in [3.05, 3.63) is 36.1 Å². The normalized spacial score (nSPS) is 14.0. The van der Waals surface area contributed by atoms with Crippen LogP contribution >= 0.6 is 11.6 Å². The molecule has 2 rings (SSSR count). The number of hydrogen-bond donors (Lipinski definition) is 3. The molecule has 0 saturated heterocycles. The van der Waals surface area contributed by atoms with Crippen molar-refractivity contribution in [1.29, 1.82) is 0 Å². The van der Waals surface area contributed by atoms with Crippen LogP contribution < -0.4 is 15.4 Å². The van der Waals surface area contributed by atoms with Crippen LogP contribution in [0, 0.1) is 11.8 Å². The summed E-state index contributed by atoms with van der Waals surface area (Å²) in [6.45, 7) is 7.47. The van der Waals surface area contributed by atoms with E-state index in [1.54, 1.807) is 26.0 Å². The zero-order valence-corrected chi connectivity index (χ0v) is 19.7. The second-order valence-corrected chi connectivity index (χ2v) is 10.3. The van der Waals surface area contributed by atoms with Gasteiger partial charge in [0, 0.05) is 23.9 Å². The fourth-order valence-corrected chi connectivity index (χ4v) is 4.65. The monoisotopic (exact) mass is 471 g/mol. The lowest BCUT2D eigenvalue weighted by atomic mass is 10.0. The van der Waals surface area contributed by atoms with Gasteiger partial charge in [0.05, 0.1) is 5.75 Å². The zero-order valence-electron chi connectivity index (χ0n) is 18.1. The average molecular weight is 472 g/mol. The molecular weight excluding hydrogens is 442 g/mol. The minimum atomic E-state index is -3.68. The molecule has 2 amide bonds. The summed E-state index contributed by atoms with van der Waals surface area (Å²) in [6, 6.07) is 7.62. The standard InChI is InChI=1S/C21H30ClN3O5S/c1-13(2)16(24-21(27)19(14(3)4)25-31(28,29)10-9-22)12-23-20(26)18-11-15-7-5-6-8-17(15)30-18/h5-8,11,13-14,16,19,25H,9-10,12H2,1-4H3,(H,23,26)(H,24,27)/t16-,19+/m1/s1. The summed E-state index contributed by atoms with van der Waals surface area (Å²) >= 11 is 5.53. The second-order valence-electron chi connectivity index (χ2n) is 8.06. The first-order valence-electron chi connectivity index (χ1n) is 10.2. The molecule has 10 heteroatoms. The first kappa shape index (κ1) is 25.2. The highest BCUT2D eigenvalue weighted by atomic mass is 35.5. The SMILES string of the molecule is CC(C)[C@H](NS(=O)(=O)CCCl)C(=O)N[C@H](CNC(=O)c1cc2ccccc2o1)C(C)C. The Kier molecular flexibility index (Phi) is 8.90. The number of hydrogen-bond acceptors (Lipinski definition) is 5. The highest BCUT2D eigenvalue weighted by molar-refractivity contribution is 7.89. The van der Waals surface area contributed by atoms with Gasteiger partial charge >= 0.3 is 0 Å². The molecule has 0 bridgehead atoms. The number of nitrogens with one attached hydrogen (secondary N) is 3. The minimum Gasteiger partial charge on any atom is -0.451 e. The van der Waals surface area contributed by atoms with E-state index in [1.165, 1.54) is 0 Å². The quantitative estimate of drug-likeness (QED) is 0.435. The number of halogens is 1. The van der Waals surface area contributed by atoms with Gasteiger partial charge in [-0.15, -0.1) is 11.6 Å². The number of carbonyl (C=O) groups excluding carboxylic acids is 2. The number of sulfonamides is 1. The first-order valence-corrected chi connectivity index (χ1v) is 12.4. The van der Waals surface area contributed by atoms with Crippen LogP contribution in [0.25, 0.3) is 11.0 Å². The number of furan rings is 1. The molecule has 172 valence electrons. The number of benzene rings is 1. The Balaban J connectivity index is 2.03. The summed E-state index contributed by atoms with van der Waals surface area (Å²) in [5.41, 5.74) is 0.616. The molecule has 8 nitrogen and oxygen atoms in total. The minimum absolute atomic E-state index is 0.00724. The van der Waals surface area contributed by atoms with E-state index in [0.717, 1.165) is 5.39 Å². The number of rotatable bonds is 11. The molecule has 2 atom stereocenters. The number of fused-ring (bicyclic) bond motifs is 1. The Morgan fingerprint density at radius 3 is 2.35 bits per heavy atom. The molecule has 1 heterocycles. The molecule has 0 aliphatic heterocycles. The van der Waals surface area contributed by atoms with E-state index >= 15 is 0 Å². The Morgan fingerprint density at radius 2 is 1.77 bits per heavy atom. The van der Waals surface area contributed by atoms with E-state index in [1.807, 2.05) is 32.0 Å². The molecule has 1 aromatic carbocycles. The van der Waals surface area contributed by atoms with Crippen LogP contribution in [0.1, 0.15) is 38.2 Å². The van der Waals surface area contributed by atoms with Crippen LogP contribution in [0.3, 0.4) is 0 Å². The Morgan fingerprint density at radius 1 is 1.10 bits per heavy atom. The molecule has 31 heavy (non-hydrogen) atoms. The Bertz CT molecular complexity index is 970. The molecule has 0 unspecified atom stereocenters. The highest BCUT2D eigenvalue weighted by Crippen LogP contribution is 2.18. The van der Waals surface area contributed by atoms with E-state index in [4.69, 9.17) is 16.0 Å². The average Bonchev–Trinajstić information content (AvgIpc) is 3.12. The van der Waals surface area contributed by atoms with E-state index in [0.29, 0.717) is 5.58 Å². The number of carbonyl (C=O) groups is 2. The van der Waals surface area contributed by atoms with Gasteiger partial charge in [0.15, 0.2) is 5.76 Å². The van der Waals surface area contributed by atoms with Gasteiger partial charge in [0.2, 0.25) is 15.9 Å². The number of alkyl halides is 1. The van der Waals surface area contributed by atoms with Crippen LogP contribution in [0.4, 0.5) is 0 Å². The molecule has 2 aromatic rings. The summed E-state index contributed by atoms with van der Waals surface area (Å²) in [5.74, 6) is -1.28. The summed E-state index contributed by atoms with van der Waals surface area (Å²) in [7, 11) is -3.68. The fraction of sp³-hybridized carbons (Fsp3) is 0.524. The van der Waals surface area contributed by atoms with Crippen molar-refractivity contribution < 1.29 is 22.4 Å². The van der Waals surface area contributed by atoms with E-state index in [2.05, 4.69) is 15.4 Å². The van der Waals surface area contributed by atoms with Gasteiger partial charge in [0.1, 0.15) is 11.6 Å². The van der Waals surface area contributed by atoms with Gasteiger partial charge in [-0.05, 0) is 24.0 Å². The third-order valence-corrected chi connectivity index (χ3v) is 6.63. The lowest BCUT2D eigenvalue weighted by Gasteiger charge is -2.27. The predicted molar refractivity (Wildman–Crippen MR) is 122 cm³/mol. The smallest absolute Gasteiger partial charge is 0.287 e. The van der Waals surface area contributed by atoms with Crippen molar-refractivity contribution in [1.82, 2.24) is 15.4 Å². The van der Waals surface area contributed by atoms with Gasteiger partial charge in [-0.3, -0.25) is 9.59 Å². The van der Waals surface area contributed by atoms with Crippen LogP contribution in [0.15, 0.2) is 34.7 Å². The van der Waals surface area contributed by atoms with Crippen molar-refractivity contribution in [3.8, 4) is 0 Å². The topological polar surface area (TPSA) is 118 Å². The molecule has 0 spiro atoms. The molecule has 0 aliphatic rings. The third kappa shape index (κ3) is 7.22. The molecule has 0 radical (unpaired) electrons. The van der Waals surface area contributed by atoms with Crippen molar-refractivity contribution in [2.45, 2.75) is 39.8 Å². The van der Waals surface area contributed by atoms with Crippen LogP contribution in [-0.2, 0) is 14.8 Å². The molecule has 1 aromatic heterocycles. The highest BCUT2D eigenvalue weighted by Gasteiger charge is 2.29. The maximum absolute atomic E-state index is 12.8. The van der Waals surface area contributed by atoms with E-state index in [9.17, 15) is 18.0 Å². The van der Waals surface area contributed by atoms with Crippen molar-refractivity contribution >= 4 is 44.4 Å². The van der Waals surface area contributed by atoms with Crippen LogP contribution in [0.5, 0.6) is 0 Å². The van der Waals surface area contributed by atoms with Crippen molar-refractivity contribution in [3.63, 3.8) is 0 Å². The zero-order chi connectivity index (χ0) is 23.2. The molecule has 0 fully saturated rings. The van der Waals surface area contributed by atoms with Gasteiger partial charge < -0.3 is 15.1 Å². The first-order chi connectivity index (χ1) is 14.5. The fourth-order valence-electron chi connectivity index (χ4n) is 2.96. The van der Waals surface area contributed by atoms with E-state index < -0.39 is 28.0 Å². The number of amides is 2. The van der Waals surface area contributed by atoms with Crippen molar-refractivity contribution in [2.24, 2.45) is 11.8 Å². The molecule has 3 N–H and O–H groups in total. The van der Waals surface area contributed by atoms with Gasteiger partial charge in [-0.25, -0.2) is 13.1 Å². The lowest BCUT2D eigenvalue weighted by Crippen LogP contribution is -2.55. The molecule has 0 saturated carbocycles. The lowest BCUT2D eigenvalue weighted by molar-refractivity contribution is -0.124. The third-order valence-electron chi connectivity index (χ3n) is 4.87. The molecule has 0 aliphatic carbocycles. The van der Waals surface area contributed by atoms with E-state index in [-0.39, 0.29) is 41.7 Å². The maximum Gasteiger partial charge on any atom is 0.287 e. The summed E-state index contributed by atoms with van der Waals surface area (Å²) in [5, 5.41) is 6.46. The van der Waals surface area contributed by atoms with Crippen LogP contribution in [0.2, 0.25) is 0 Å². The van der Waals surface area contributed by atoms with Crippen molar-refractivity contribution in [2.75, 3.05) is 18.2 Å². The largest absolute Gasteiger partial charge is 0.451 e. The van der Waals surface area contributed by atoms with Gasteiger partial charge in [-0.1, -0.05) is 45.9 Å². The summed E-state index contributed by atoms with van der Waals surface area (Å²) in [4.78, 5) is 25.3. The Hall–Kier alpha value is -2.10. The van der Waals surface area contributed by atoms with Gasteiger partial charge in [0.25, 0.3) is 5.91 Å². The molecular formula is C21H30ClN3O5S. The van der Waals surface area contributed by atoms with Crippen LogP contribution in [-0.4, -0.2) is 50.5 Å². The summed E-state index contributed by atoms with van der Waals surface area (Å²) in [6.07, 6.45) is 0. The second kappa shape index (κ2) is 11.0. The maximum atomic E-state index is 12.8. The number of para-hydroxylation sites is 1. The predicted octanol–water partition coefficient (Wildman–Crippen LogP) is 2.49. The Labute approximate surface area is 188 Å². The van der Waals surface area contributed by atoms with Gasteiger partial charge in [-0.2, -0.15) is 0 Å². The summed E-state index contributed by atoms with van der Waals surface area (Å²) < 4.78 is 32.1.